The molecule has 1 aromatic heterocycles. The largest absolute Gasteiger partial charge is 0.480 e. The highest BCUT2D eigenvalue weighted by Gasteiger charge is 2.23. The van der Waals surface area contributed by atoms with Crippen LogP contribution >= 0.6 is 23.2 Å². The molecule has 6 rings (SSSR count). The van der Waals surface area contributed by atoms with Crippen LogP contribution in [0.4, 0.5) is 0 Å². The van der Waals surface area contributed by atoms with Crippen LogP contribution in [0.2, 0.25) is 10.0 Å². The zero-order valence-electron chi connectivity index (χ0n) is 26.8. The molecule has 0 unspecified atom stereocenters. The summed E-state index contributed by atoms with van der Waals surface area (Å²) in [4.78, 5) is 32.6. The number of aryl methyl sites for hydroxylation is 1. The van der Waals surface area contributed by atoms with Gasteiger partial charge in [-0.25, -0.2) is 4.98 Å². The predicted molar refractivity (Wildman–Crippen MR) is 188 cm³/mol. The second kappa shape index (κ2) is 15.3. The lowest BCUT2D eigenvalue weighted by Crippen LogP contribution is -2.25. The van der Waals surface area contributed by atoms with E-state index in [0.717, 1.165) is 65.7 Å². The molecule has 48 heavy (non-hydrogen) atoms. The van der Waals surface area contributed by atoms with E-state index in [-0.39, 0.29) is 11.9 Å². The number of methoxy groups -OCH3 is 1. The van der Waals surface area contributed by atoms with E-state index in [1.54, 1.807) is 13.3 Å². The molecule has 1 aliphatic carbocycles. The Kier molecular flexibility index (Phi) is 10.7. The smallest absolute Gasteiger partial charge is 0.235 e. The summed E-state index contributed by atoms with van der Waals surface area (Å²) >= 11 is 14.1. The summed E-state index contributed by atoms with van der Waals surface area (Å²) in [5.41, 5.74) is 6.65. The topological polar surface area (TPSA) is 117 Å². The lowest BCUT2D eigenvalue weighted by molar-refractivity contribution is -0.119. The molecule has 0 spiro atoms. The molecule has 4 aromatic rings. The number of ketones is 1. The quantitative estimate of drug-likeness (QED) is 0.157. The Labute approximate surface area is 290 Å². The Balaban J connectivity index is 1.20. The Morgan fingerprint density at radius 1 is 1.00 bits per heavy atom. The van der Waals surface area contributed by atoms with E-state index in [0.29, 0.717) is 76.7 Å². The van der Waals surface area contributed by atoms with Gasteiger partial charge in [-0.05, 0) is 61.8 Å². The van der Waals surface area contributed by atoms with E-state index in [9.17, 15) is 14.9 Å². The number of nitriles is 1. The van der Waals surface area contributed by atoms with E-state index in [2.05, 4.69) is 21.7 Å². The molecular weight excluding hydrogens is 645 g/mol. The van der Waals surface area contributed by atoms with Gasteiger partial charge < -0.3 is 15.4 Å². The number of ether oxygens (including phenoxy) is 1. The fraction of sp³-hybridized carbons (Fsp3) is 0.342. The molecule has 10 heteroatoms. The number of carbonyl (C=O) groups is 2. The van der Waals surface area contributed by atoms with Crippen LogP contribution < -0.4 is 15.4 Å². The first-order chi connectivity index (χ1) is 23.3. The van der Waals surface area contributed by atoms with Crippen LogP contribution in [-0.2, 0) is 22.6 Å². The van der Waals surface area contributed by atoms with E-state index in [1.165, 1.54) is 0 Å². The van der Waals surface area contributed by atoms with Crippen molar-refractivity contribution in [3.05, 3.63) is 87.7 Å². The highest BCUT2D eigenvalue weighted by molar-refractivity contribution is 6.39. The van der Waals surface area contributed by atoms with Crippen molar-refractivity contribution in [2.75, 3.05) is 13.7 Å². The number of nitrogens with one attached hydrogen (secondary N) is 2. The molecule has 1 amide bonds. The van der Waals surface area contributed by atoms with Gasteiger partial charge >= 0.3 is 0 Å². The molecule has 2 fully saturated rings. The van der Waals surface area contributed by atoms with Crippen LogP contribution in [0.3, 0.4) is 0 Å². The number of rotatable bonds is 12. The number of benzene rings is 3. The molecule has 8 nitrogen and oxygen atoms in total. The van der Waals surface area contributed by atoms with Gasteiger partial charge in [-0.2, -0.15) is 5.26 Å². The van der Waals surface area contributed by atoms with Crippen LogP contribution in [0.5, 0.6) is 5.88 Å². The van der Waals surface area contributed by atoms with Gasteiger partial charge in [0.05, 0.1) is 40.7 Å². The van der Waals surface area contributed by atoms with Crippen LogP contribution in [-0.4, -0.2) is 41.4 Å². The van der Waals surface area contributed by atoms with Crippen molar-refractivity contribution in [1.82, 2.24) is 20.6 Å². The Bertz CT molecular complexity index is 1890. The third-order valence-corrected chi connectivity index (χ3v) is 10.1. The first-order valence-corrected chi connectivity index (χ1v) is 17.1. The van der Waals surface area contributed by atoms with Gasteiger partial charge in [0.25, 0.3) is 0 Å². The van der Waals surface area contributed by atoms with Gasteiger partial charge in [-0.3, -0.25) is 14.6 Å². The lowest BCUT2D eigenvalue weighted by atomic mass is 9.95. The number of hydrogen-bond acceptors (Lipinski definition) is 7. The normalized spacial score (nSPS) is 17.4. The number of hydrogen-bond donors (Lipinski definition) is 2. The van der Waals surface area contributed by atoms with Gasteiger partial charge in [0.2, 0.25) is 11.8 Å². The third kappa shape index (κ3) is 7.55. The van der Waals surface area contributed by atoms with Gasteiger partial charge in [-0.1, -0.05) is 71.7 Å². The molecule has 3 aromatic carbocycles. The fourth-order valence-corrected chi connectivity index (χ4v) is 7.31. The van der Waals surface area contributed by atoms with Crippen LogP contribution in [0, 0.1) is 17.2 Å². The van der Waals surface area contributed by atoms with Gasteiger partial charge in [0, 0.05) is 54.1 Å². The van der Waals surface area contributed by atoms with Crippen LogP contribution in [0.15, 0.2) is 60.8 Å². The lowest BCUT2D eigenvalue weighted by Gasteiger charge is -2.15. The molecule has 2 atom stereocenters. The van der Waals surface area contributed by atoms with Crippen molar-refractivity contribution in [3.8, 4) is 45.5 Å². The zero-order chi connectivity index (χ0) is 33.6. The average Bonchev–Trinajstić information content (AvgIpc) is 3.72. The van der Waals surface area contributed by atoms with Crippen molar-refractivity contribution in [3.63, 3.8) is 0 Å². The molecule has 1 aliphatic heterocycles. The Morgan fingerprint density at radius 2 is 1.75 bits per heavy atom. The van der Waals surface area contributed by atoms with E-state index >= 15 is 0 Å². The monoisotopic (exact) mass is 681 g/mol. The molecule has 2 N–H and O–H groups in total. The molecular formula is C38H37Cl2N5O3. The molecule has 1 saturated carbocycles. The SMILES string of the molecule is COc1nc(-c2cccc(-c3cccc(-c4ccc(CNC[C@@H]5CCC(=O)C5)c(C#N)c4)c3Cl)c2Cl)cnc1CCC[C@@H]1CCC(=O)N1. The number of nitrogens with zero attached hydrogens (tertiary/aromatic N) is 3. The minimum Gasteiger partial charge on any atom is -0.480 e. The summed E-state index contributed by atoms with van der Waals surface area (Å²) in [6.45, 7) is 1.32. The Morgan fingerprint density at radius 3 is 2.44 bits per heavy atom. The van der Waals surface area contributed by atoms with Crippen LogP contribution in [0.25, 0.3) is 33.5 Å². The van der Waals surface area contributed by atoms with Crippen molar-refractivity contribution < 1.29 is 14.3 Å². The molecule has 0 radical (unpaired) electrons. The summed E-state index contributed by atoms with van der Waals surface area (Å²) < 4.78 is 5.61. The fourth-order valence-electron chi connectivity index (χ4n) is 6.65. The summed E-state index contributed by atoms with van der Waals surface area (Å²) in [5.74, 6) is 1.27. The minimum atomic E-state index is 0.121. The van der Waals surface area contributed by atoms with Gasteiger partial charge in [0.15, 0.2) is 0 Å². The van der Waals surface area contributed by atoms with Crippen molar-refractivity contribution >= 4 is 34.9 Å². The highest BCUT2D eigenvalue weighted by atomic mass is 35.5. The summed E-state index contributed by atoms with van der Waals surface area (Å²) in [6.07, 6.45) is 7.84. The van der Waals surface area contributed by atoms with E-state index in [1.807, 2.05) is 54.6 Å². The summed E-state index contributed by atoms with van der Waals surface area (Å²) in [5, 5.41) is 17.4. The maximum absolute atomic E-state index is 11.6. The predicted octanol–water partition coefficient (Wildman–Crippen LogP) is 7.72. The first kappa shape index (κ1) is 33.6. The standard InChI is InChI=1S/C38H37Cl2N5O3/c1-48-38-33(10-2-5-27-14-16-35(47)44-27)43-22-34(45-38)32-9-4-8-31(37(32)40)30-7-3-6-29(36(30)39)24-12-13-25(26(18-24)19-41)21-42-20-23-11-15-28(46)17-23/h3-4,6-9,12-13,18,22-23,27,42H,2,5,10-11,14-17,20-21H2,1H3,(H,44,47)/t23-,27-/m1/s1. The number of halogens is 2. The number of aromatic nitrogens is 2. The Hall–Kier alpha value is -4.29. The summed E-state index contributed by atoms with van der Waals surface area (Å²) in [6, 6.07) is 19.9. The van der Waals surface area contributed by atoms with E-state index in [4.69, 9.17) is 32.9 Å². The molecule has 2 aliphatic rings. The molecule has 2 heterocycles. The second-order valence-corrected chi connectivity index (χ2v) is 13.3. The first-order valence-electron chi connectivity index (χ1n) is 16.4. The molecule has 246 valence electrons. The van der Waals surface area contributed by atoms with Crippen molar-refractivity contribution in [1.29, 1.82) is 5.26 Å². The van der Waals surface area contributed by atoms with Gasteiger partial charge in [0.1, 0.15) is 11.5 Å². The molecule has 1 saturated heterocycles. The second-order valence-electron chi connectivity index (χ2n) is 12.5. The molecule has 0 bridgehead atoms. The number of carbonyl (C=O) groups excluding carboxylic acids is 2. The maximum Gasteiger partial charge on any atom is 0.235 e. The summed E-state index contributed by atoms with van der Waals surface area (Å²) in [7, 11) is 1.58. The minimum absolute atomic E-state index is 0.121. The third-order valence-electron chi connectivity index (χ3n) is 9.26. The van der Waals surface area contributed by atoms with Crippen molar-refractivity contribution in [2.24, 2.45) is 5.92 Å². The van der Waals surface area contributed by atoms with Crippen LogP contribution in [0.1, 0.15) is 61.8 Å². The van der Waals surface area contributed by atoms with Crippen molar-refractivity contribution in [2.45, 2.75) is 64.0 Å². The zero-order valence-corrected chi connectivity index (χ0v) is 28.3. The number of Topliss-reactive ketones (excluding diaryl/α,β-unsaturated/α-hetero) is 1. The highest BCUT2D eigenvalue weighted by Crippen LogP contribution is 2.42. The van der Waals surface area contributed by atoms with E-state index < -0.39 is 0 Å². The van der Waals surface area contributed by atoms with Gasteiger partial charge in [-0.15, -0.1) is 0 Å². The maximum atomic E-state index is 11.6. The average molecular weight is 683 g/mol. The number of amides is 1.